The third-order valence-corrected chi connectivity index (χ3v) is 9.65. The number of fused-ring (bicyclic) bond motifs is 2. The van der Waals surface area contributed by atoms with Crippen molar-refractivity contribution in [2.45, 2.75) is 20.8 Å². The first-order valence-electron chi connectivity index (χ1n) is 18.5. The number of benzene rings is 6. The van der Waals surface area contributed by atoms with Crippen LogP contribution in [0, 0.1) is 6.92 Å². The van der Waals surface area contributed by atoms with Crippen molar-refractivity contribution in [3.8, 4) is 22.3 Å². The molecule has 7 N–H and O–H groups in total. The minimum Gasteiger partial charge on any atom is -0.478 e. The molecule has 0 unspecified atom stereocenters. The largest absolute Gasteiger partial charge is 0.478 e. The van der Waals surface area contributed by atoms with Crippen LogP contribution in [0.15, 0.2) is 121 Å². The molecule has 318 valence electrons. The summed E-state index contributed by atoms with van der Waals surface area (Å²) in [6.45, 7) is 1.93. The molecular formula is C48H39N3O12. The number of carboxylic acid groups (broad SMARTS) is 2. The van der Waals surface area contributed by atoms with Crippen molar-refractivity contribution in [2.75, 3.05) is 18.5 Å². The highest BCUT2D eigenvalue weighted by atomic mass is 16.6. The number of nitrogens with two attached hydrogens (primary N) is 2. The van der Waals surface area contributed by atoms with Gasteiger partial charge >= 0.3 is 35.8 Å². The maximum absolute atomic E-state index is 13.0. The van der Waals surface area contributed by atoms with E-state index in [4.69, 9.17) is 11.5 Å². The first kappa shape index (κ1) is 45.4. The van der Waals surface area contributed by atoms with E-state index in [2.05, 4.69) is 14.8 Å². The van der Waals surface area contributed by atoms with Gasteiger partial charge < -0.3 is 36.5 Å². The maximum Gasteiger partial charge on any atom is 0.346 e. The second kappa shape index (κ2) is 19.1. The lowest BCUT2D eigenvalue weighted by atomic mass is 9.92. The Morgan fingerprint density at radius 3 is 1.32 bits per heavy atom. The van der Waals surface area contributed by atoms with Crippen LogP contribution in [0.5, 0.6) is 0 Å². The zero-order valence-electron chi connectivity index (χ0n) is 32.9. The number of hydrogen-bond acceptors (Lipinski definition) is 12. The summed E-state index contributed by atoms with van der Waals surface area (Å²) in [5.41, 5.74) is 16.8. The minimum atomic E-state index is -1.25. The number of hydrogen-bond donors (Lipinski definition) is 5. The average Bonchev–Trinajstić information content (AvgIpc) is 3.72. The Morgan fingerprint density at radius 1 is 0.508 bits per heavy atom. The van der Waals surface area contributed by atoms with Crippen LogP contribution in [0.1, 0.15) is 101 Å². The van der Waals surface area contributed by atoms with E-state index in [9.17, 15) is 48.6 Å². The monoisotopic (exact) mass is 849 g/mol. The number of anilines is 2. The summed E-state index contributed by atoms with van der Waals surface area (Å²) in [4.78, 5) is 94.3. The number of aromatic carboxylic acids is 2. The van der Waals surface area contributed by atoms with Crippen molar-refractivity contribution in [2.24, 2.45) is 0 Å². The van der Waals surface area contributed by atoms with E-state index < -0.39 is 41.7 Å². The van der Waals surface area contributed by atoms with Crippen LogP contribution < -0.4 is 16.8 Å². The fraction of sp³-hybridized carbons (Fsp3) is 0.0833. The summed E-state index contributed by atoms with van der Waals surface area (Å²) in [6, 6.07) is 32.3. The highest BCUT2D eigenvalue weighted by molar-refractivity contribution is 6.16. The van der Waals surface area contributed by atoms with Crippen molar-refractivity contribution in [1.82, 2.24) is 5.32 Å². The molecule has 2 aliphatic rings. The van der Waals surface area contributed by atoms with Gasteiger partial charge in [-0.25, -0.2) is 28.8 Å². The third-order valence-electron chi connectivity index (χ3n) is 9.65. The number of amides is 1. The molecule has 15 heteroatoms. The Morgan fingerprint density at radius 2 is 0.889 bits per heavy atom. The Kier molecular flexibility index (Phi) is 13.8. The molecule has 0 atom stereocenters. The van der Waals surface area contributed by atoms with Gasteiger partial charge in [0, 0.05) is 30.4 Å². The van der Waals surface area contributed by atoms with E-state index in [1.807, 2.05) is 31.2 Å². The zero-order valence-corrected chi connectivity index (χ0v) is 32.9. The average molecular weight is 850 g/mol. The van der Waals surface area contributed by atoms with Gasteiger partial charge in [-0.3, -0.25) is 9.59 Å². The van der Waals surface area contributed by atoms with Crippen LogP contribution in [-0.2, 0) is 15.9 Å². The van der Waals surface area contributed by atoms with E-state index in [1.165, 1.54) is 67.7 Å². The van der Waals surface area contributed by atoms with E-state index in [0.29, 0.717) is 22.3 Å². The fourth-order valence-corrected chi connectivity index (χ4v) is 6.39. The number of carbonyl (C=O) groups is 8. The lowest BCUT2D eigenvalue weighted by molar-refractivity contribution is 0.0425. The standard InChI is InChI=1S/C25H21NO6.C16H6O6.C6H8N2.CH4/c1-14-3-5-15(6-4-14)11-22(27)20-12-16(7-9-18(20)24(29)30)17-8-10-19(25(31)32)21(13-17)23(28)26-2;17-13-9-3-1-7(5-11(9)15(19)21-13)8-2-4-10-12(6-8)16(20)22-14(10)18;7-5-1-2-6(8)4-3-5;/h3-10,12-13H,11H2,1-2H3,(H,26,28)(H,29,30)(H,31,32);1-6H;1-4H,7-8H2;1H4. The highest BCUT2D eigenvalue weighted by Gasteiger charge is 2.32. The summed E-state index contributed by atoms with van der Waals surface area (Å²) in [5.74, 6) is -6.13. The second-order valence-corrected chi connectivity index (χ2v) is 13.8. The number of esters is 4. The lowest BCUT2D eigenvalue weighted by Gasteiger charge is -2.11. The van der Waals surface area contributed by atoms with E-state index in [0.717, 1.165) is 22.5 Å². The van der Waals surface area contributed by atoms with Crippen molar-refractivity contribution in [3.05, 3.63) is 177 Å². The summed E-state index contributed by atoms with van der Waals surface area (Å²) in [5, 5.41) is 21.3. The van der Waals surface area contributed by atoms with Gasteiger partial charge in [0.25, 0.3) is 5.91 Å². The highest BCUT2D eigenvalue weighted by Crippen LogP contribution is 2.31. The molecule has 0 radical (unpaired) electrons. The van der Waals surface area contributed by atoms with Crippen LogP contribution >= 0.6 is 0 Å². The molecule has 0 saturated heterocycles. The molecule has 8 rings (SSSR count). The maximum atomic E-state index is 13.0. The van der Waals surface area contributed by atoms with E-state index >= 15 is 0 Å². The second-order valence-electron chi connectivity index (χ2n) is 13.8. The molecule has 0 saturated carbocycles. The third kappa shape index (κ3) is 10.2. The van der Waals surface area contributed by atoms with Crippen molar-refractivity contribution in [3.63, 3.8) is 0 Å². The summed E-state index contributed by atoms with van der Waals surface area (Å²) >= 11 is 0. The minimum absolute atomic E-state index is 0. The quantitative estimate of drug-likeness (QED) is 0.0436. The molecule has 0 fully saturated rings. The normalized spacial score (nSPS) is 11.8. The zero-order chi connectivity index (χ0) is 44.8. The van der Waals surface area contributed by atoms with Gasteiger partial charge in [0.05, 0.1) is 38.9 Å². The first-order valence-corrected chi connectivity index (χ1v) is 18.5. The topological polar surface area (TPSA) is 260 Å². The van der Waals surface area contributed by atoms with Crippen LogP contribution in [-0.4, -0.2) is 64.8 Å². The van der Waals surface area contributed by atoms with Crippen molar-refractivity contribution >= 4 is 58.9 Å². The Hall–Kier alpha value is -8.72. The molecule has 15 nitrogen and oxygen atoms in total. The van der Waals surface area contributed by atoms with Gasteiger partial charge in [-0.2, -0.15) is 0 Å². The number of carbonyl (C=O) groups excluding carboxylic acids is 6. The van der Waals surface area contributed by atoms with Crippen molar-refractivity contribution in [1.29, 1.82) is 0 Å². The molecule has 6 aromatic carbocycles. The summed E-state index contributed by atoms with van der Waals surface area (Å²) in [7, 11) is 1.39. The number of ether oxygens (including phenoxy) is 2. The van der Waals surface area contributed by atoms with Crippen LogP contribution in [0.3, 0.4) is 0 Å². The number of cyclic esters (lactones) is 4. The summed E-state index contributed by atoms with van der Waals surface area (Å²) < 4.78 is 9.06. The lowest BCUT2D eigenvalue weighted by Crippen LogP contribution is -2.21. The van der Waals surface area contributed by atoms with E-state index in [1.54, 1.807) is 36.4 Å². The molecule has 63 heavy (non-hydrogen) atoms. The number of rotatable bonds is 8. The Balaban J connectivity index is 0.000000207. The molecular weight excluding hydrogens is 811 g/mol. The van der Waals surface area contributed by atoms with Crippen molar-refractivity contribution < 1.29 is 58.0 Å². The van der Waals surface area contributed by atoms with E-state index in [-0.39, 0.29) is 64.1 Å². The Labute approximate surface area is 359 Å². The predicted molar refractivity (Wildman–Crippen MR) is 232 cm³/mol. The van der Waals surface area contributed by atoms with Crippen LogP contribution in [0.25, 0.3) is 22.3 Å². The van der Waals surface area contributed by atoms with Crippen LogP contribution in [0.4, 0.5) is 11.4 Å². The molecule has 0 aromatic heterocycles. The van der Waals surface area contributed by atoms with Gasteiger partial charge in [-0.15, -0.1) is 0 Å². The predicted octanol–water partition coefficient (Wildman–Crippen LogP) is 7.31. The molecule has 1 amide bonds. The number of aryl methyl sites for hydroxylation is 1. The number of ketones is 1. The number of Topliss-reactive ketones (excluding diaryl/α,β-unsaturated/α-hetero) is 1. The number of carboxylic acids is 2. The fourth-order valence-electron chi connectivity index (χ4n) is 6.39. The van der Waals surface area contributed by atoms with Gasteiger partial charge in [0.2, 0.25) is 0 Å². The molecule has 0 aliphatic carbocycles. The smallest absolute Gasteiger partial charge is 0.346 e. The molecule has 2 aliphatic heterocycles. The number of nitrogens with one attached hydrogen (secondary N) is 1. The Bertz CT molecular complexity index is 2750. The van der Waals surface area contributed by atoms with Gasteiger partial charge in [0.15, 0.2) is 5.78 Å². The molecule has 6 aromatic rings. The number of nitrogen functional groups attached to an aromatic ring is 2. The van der Waals surface area contributed by atoms with Gasteiger partial charge in [0.1, 0.15) is 0 Å². The molecule has 0 bridgehead atoms. The molecule has 2 heterocycles. The summed E-state index contributed by atoms with van der Waals surface area (Å²) in [6.07, 6.45) is 0.0332. The van der Waals surface area contributed by atoms with Gasteiger partial charge in [-0.05, 0) is 108 Å². The molecule has 0 spiro atoms. The first-order chi connectivity index (χ1) is 29.5. The SMILES string of the molecule is C.CNC(=O)c1cc(-c2ccc(C(=O)O)c(C(=O)Cc3ccc(C)cc3)c2)ccc1C(=O)O.Nc1ccc(N)cc1.O=C1OC(=O)c2cc(-c3ccc4c(c3)C(=O)OC4=O)ccc21. The van der Waals surface area contributed by atoms with Crippen LogP contribution in [0.2, 0.25) is 0 Å². The van der Waals surface area contributed by atoms with Gasteiger partial charge in [-0.1, -0.05) is 61.5 Å².